The standard InChI is InChI=1S/C23H18Cl2N2O4/c24-16-4-7-19(8-5-16)30-11-10-27-20-13-18(6-9-21(20)31-14-22(27)28)26-23(29)15-2-1-3-17(25)12-15/h1-9,12-13H,10-11,14H2,(H,26,29). The van der Waals surface area contributed by atoms with E-state index in [9.17, 15) is 9.59 Å². The third-order valence-electron chi connectivity index (χ3n) is 4.64. The van der Waals surface area contributed by atoms with Crippen molar-refractivity contribution in [2.24, 2.45) is 0 Å². The van der Waals surface area contributed by atoms with Crippen LogP contribution in [0.5, 0.6) is 11.5 Å². The number of nitrogens with zero attached hydrogens (tertiary/aromatic N) is 1. The minimum Gasteiger partial charge on any atom is -0.492 e. The van der Waals surface area contributed by atoms with E-state index in [1.165, 1.54) is 0 Å². The second-order valence-corrected chi connectivity index (χ2v) is 7.66. The Hall–Kier alpha value is -3.22. The number of carbonyl (C=O) groups is 2. The predicted molar refractivity (Wildman–Crippen MR) is 121 cm³/mol. The normalized spacial score (nSPS) is 12.7. The van der Waals surface area contributed by atoms with E-state index >= 15 is 0 Å². The largest absolute Gasteiger partial charge is 0.492 e. The van der Waals surface area contributed by atoms with Gasteiger partial charge < -0.3 is 19.7 Å². The maximum atomic E-state index is 12.5. The van der Waals surface area contributed by atoms with Gasteiger partial charge in [-0.15, -0.1) is 0 Å². The van der Waals surface area contributed by atoms with Gasteiger partial charge in [-0.25, -0.2) is 0 Å². The Balaban J connectivity index is 1.47. The molecule has 0 bridgehead atoms. The van der Waals surface area contributed by atoms with Gasteiger partial charge in [0.25, 0.3) is 11.8 Å². The molecule has 4 rings (SSSR count). The molecule has 0 saturated carbocycles. The van der Waals surface area contributed by atoms with Gasteiger partial charge in [-0.1, -0.05) is 29.3 Å². The lowest BCUT2D eigenvalue weighted by Crippen LogP contribution is -2.41. The number of amides is 2. The van der Waals surface area contributed by atoms with E-state index in [0.29, 0.717) is 45.0 Å². The van der Waals surface area contributed by atoms with Crippen molar-refractivity contribution in [1.29, 1.82) is 0 Å². The molecule has 6 nitrogen and oxygen atoms in total. The molecule has 0 spiro atoms. The van der Waals surface area contributed by atoms with Crippen LogP contribution < -0.4 is 19.7 Å². The fraction of sp³-hybridized carbons (Fsp3) is 0.130. The zero-order valence-electron chi connectivity index (χ0n) is 16.3. The number of anilines is 2. The molecule has 8 heteroatoms. The first-order chi connectivity index (χ1) is 15.0. The smallest absolute Gasteiger partial charge is 0.265 e. The van der Waals surface area contributed by atoms with Gasteiger partial charge >= 0.3 is 0 Å². The van der Waals surface area contributed by atoms with E-state index in [4.69, 9.17) is 32.7 Å². The van der Waals surface area contributed by atoms with Crippen LogP contribution in [0.3, 0.4) is 0 Å². The highest BCUT2D eigenvalue weighted by Crippen LogP contribution is 2.34. The van der Waals surface area contributed by atoms with Crippen molar-refractivity contribution in [2.45, 2.75) is 0 Å². The Kier molecular flexibility index (Phi) is 6.30. The fourth-order valence-electron chi connectivity index (χ4n) is 3.14. The highest BCUT2D eigenvalue weighted by atomic mass is 35.5. The number of hydrogen-bond donors (Lipinski definition) is 1. The molecule has 2 amide bonds. The van der Waals surface area contributed by atoms with Crippen LogP contribution in [0.2, 0.25) is 10.0 Å². The van der Waals surface area contributed by atoms with E-state index < -0.39 is 0 Å². The number of halogens is 2. The van der Waals surface area contributed by atoms with Gasteiger partial charge in [0.05, 0.1) is 12.2 Å². The fourth-order valence-corrected chi connectivity index (χ4v) is 3.46. The highest BCUT2D eigenvalue weighted by Gasteiger charge is 2.26. The van der Waals surface area contributed by atoms with Crippen LogP contribution in [0.4, 0.5) is 11.4 Å². The van der Waals surface area contributed by atoms with E-state index in [0.717, 1.165) is 0 Å². The molecule has 3 aromatic rings. The number of hydrogen-bond acceptors (Lipinski definition) is 4. The van der Waals surface area contributed by atoms with Crippen molar-refractivity contribution in [3.8, 4) is 11.5 Å². The first-order valence-electron chi connectivity index (χ1n) is 9.52. The first kappa shape index (κ1) is 21.0. The molecule has 158 valence electrons. The van der Waals surface area contributed by atoms with Gasteiger partial charge in [0.15, 0.2) is 6.61 Å². The summed E-state index contributed by atoms with van der Waals surface area (Å²) in [6, 6.07) is 18.8. The lowest BCUT2D eigenvalue weighted by Gasteiger charge is -2.29. The average Bonchev–Trinajstić information content (AvgIpc) is 2.76. The summed E-state index contributed by atoms with van der Waals surface area (Å²) in [6.45, 7) is 0.553. The second kappa shape index (κ2) is 9.29. The number of fused-ring (bicyclic) bond motifs is 1. The molecule has 0 fully saturated rings. The van der Waals surface area contributed by atoms with Crippen LogP contribution in [0, 0.1) is 0 Å². The van der Waals surface area contributed by atoms with Crippen LogP contribution in [-0.4, -0.2) is 31.6 Å². The summed E-state index contributed by atoms with van der Waals surface area (Å²) in [5, 5.41) is 3.92. The SMILES string of the molecule is O=C(Nc1ccc2c(c1)N(CCOc1ccc(Cl)cc1)C(=O)CO2)c1cccc(Cl)c1. The van der Waals surface area contributed by atoms with Gasteiger partial charge in [-0.2, -0.15) is 0 Å². The van der Waals surface area contributed by atoms with Crippen molar-refractivity contribution in [1.82, 2.24) is 0 Å². The van der Waals surface area contributed by atoms with Gasteiger partial charge in [0.2, 0.25) is 0 Å². The quantitative estimate of drug-likeness (QED) is 0.563. The molecule has 3 aromatic carbocycles. The number of benzene rings is 3. The summed E-state index contributed by atoms with van der Waals surface area (Å²) in [4.78, 5) is 26.6. The Morgan fingerprint density at radius 2 is 1.84 bits per heavy atom. The van der Waals surface area contributed by atoms with Crippen molar-refractivity contribution in [3.63, 3.8) is 0 Å². The lowest BCUT2D eigenvalue weighted by atomic mass is 10.1. The molecular weight excluding hydrogens is 439 g/mol. The van der Waals surface area contributed by atoms with Gasteiger partial charge in [0, 0.05) is 21.3 Å². The van der Waals surface area contributed by atoms with Crippen LogP contribution >= 0.6 is 23.2 Å². The second-order valence-electron chi connectivity index (χ2n) is 6.78. The van der Waals surface area contributed by atoms with Crippen LogP contribution in [0.15, 0.2) is 66.7 Å². The van der Waals surface area contributed by atoms with Crippen molar-refractivity contribution < 1.29 is 19.1 Å². The molecule has 31 heavy (non-hydrogen) atoms. The van der Waals surface area contributed by atoms with Gasteiger partial charge in [-0.3, -0.25) is 9.59 Å². The Labute approximate surface area is 189 Å². The molecule has 0 unspecified atom stereocenters. The topological polar surface area (TPSA) is 67.9 Å². The minimum absolute atomic E-state index is 0.0534. The van der Waals surface area contributed by atoms with Crippen molar-refractivity contribution in [2.75, 3.05) is 30.0 Å². The molecule has 1 heterocycles. The number of nitrogens with one attached hydrogen (secondary N) is 1. The number of ether oxygens (including phenoxy) is 2. The van der Waals surface area contributed by atoms with E-state index in [2.05, 4.69) is 5.32 Å². The molecule has 0 saturated heterocycles. The number of rotatable bonds is 6. The van der Waals surface area contributed by atoms with Crippen LogP contribution in [-0.2, 0) is 4.79 Å². The third-order valence-corrected chi connectivity index (χ3v) is 5.13. The third kappa shape index (κ3) is 5.10. The molecule has 1 N–H and O–H groups in total. The molecule has 0 aromatic heterocycles. The molecule has 0 radical (unpaired) electrons. The van der Waals surface area contributed by atoms with Gasteiger partial charge in [0.1, 0.15) is 18.1 Å². The maximum Gasteiger partial charge on any atom is 0.265 e. The summed E-state index contributed by atoms with van der Waals surface area (Å²) in [5.41, 5.74) is 1.54. The lowest BCUT2D eigenvalue weighted by molar-refractivity contribution is -0.121. The van der Waals surface area contributed by atoms with Crippen LogP contribution in [0.1, 0.15) is 10.4 Å². The molecule has 0 aliphatic carbocycles. The summed E-state index contributed by atoms with van der Waals surface area (Å²) >= 11 is 11.8. The Morgan fingerprint density at radius 1 is 1.03 bits per heavy atom. The van der Waals surface area contributed by atoms with E-state index in [-0.39, 0.29) is 25.0 Å². The van der Waals surface area contributed by atoms with Crippen molar-refractivity contribution >= 4 is 46.4 Å². The first-order valence-corrected chi connectivity index (χ1v) is 10.3. The molecular formula is C23H18Cl2N2O4. The average molecular weight is 457 g/mol. The number of carbonyl (C=O) groups excluding carboxylic acids is 2. The Bertz CT molecular complexity index is 1120. The van der Waals surface area contributed by atoms with E-state index in [1.807, 2.05) is 0 Å². The molecule has 0 atom stereocenters. The zero-order valence-corrected chi connectivity index (χ0v) is 17.8. The highest BCUT2D eigenvalue weighted by molar-refractivity contribution is 6.31. The van der Waals surface area contributed by atoms with Crippen LogP contribution in [0.25, 0.3) is 0 Å². The van der Waals surface area contributed by atoms with E-state index in [1.54, 1.807) is 71.6 Å². The minimum atomic E-state index is -0.303. The zero-order chi connectivity index (χ0) is 21.8. The monoisotopic (exact) mass is 456 g/mol. The Morgan fingerprint density at radius 3 is 2.61 bits per heavy atom. The molecule has 1 aliphatic rings. The molecule has 1 aliphatic heterocycles. The predicted octanol–water partition coefficient (Wildman–Crippen LogP) is 5.05. The van der Waals surface area contributed by atoms with Gasteiger partial charge in [-0.05, 0) is 60.7 Å². The summed E-state index contributed by atoms with van der Waals surface area (Å²) in [7, 11) is 0. The summed E-state index contributed by atoms with van der Waals surface area (Å²) in [6.07, 6.45) is 0. The summed E-state index contributed by atoms with van der Waals surface area (Å²) < 4.78 is 11.2. The van der Waals surface area contributed by atoms with Crippen molar-refractivity contribution in [3.05, 3.63) is 82.3 Å². The maximum absolute atomic E-state index is 12.5. The summed E-state index contributed by atoms with van der Waals surface area (Å²) in [5.74, 6) is 0.730.